The zero-order valence-electron chi connectivity index (χ0n) is 72.6. The Kier molecular flexibility index (Phi) is 50.5. The lowest BCUT2D eigenvalue weighted by atomic mass is 9.96. The first kappa shape index (κ1) is 111. The van der Waals surface area contributed by atoms with Crippen LogP contribution >= 0.6 is 0 Å². The molecule has 0 aliphatic carbocycles. The van der Waals surface area contributed by atoms with Crippen LogP contribution in [0.1, 0.15) is 165 Å². The molecule has 706 valence electrons. The third kappa shape index (κ3) is 44.3. The highest BCUT2D eigenvalue weighted by Crippen LogP contribution is 2.15. The van der Waals surface area contributed by atoms with Gasteiger partial charge < -0.3 is 144 Å². The van der Waals surface area contributed by atoms with Crippen molar-refractivity contribution in [2.75, 3.05) is 32.7 Å². The van der Waals surface area contributed by atoms with Gasteiger partial charge in [-0.25, -0.2) is 4.79 Å². The minimum atomic E-state index is -1.97. The van der Waals surface area contributed by atoms with Crippen molar-refractivity contribution in [2.24, 2.45) is 46.6 Å². The summed E-state index contributed by atoms with van der Waals surface area (Å²) in [5.41, 5.74) is 22.7. The number of guanidine groups is 3. The van der Waals surface area contributed by atoms with Gasteiger partial charge in [0.05, 0.1) is 31.7 Å². The first-order valence-corrected chi connectivity index (χ1v) is 41.0. The molecule has 0 aliphatic rings. The highest BCUT2D eigenvalue weighted by Gasteiger charge is 2.39. The van der Waals surface area contributed by atoms with Crippen LogP contribution in [0.2, 0.25) is 0 Å². The summed E-state index contributed by atoms with van der Waals surface area (Å²) in [5, 5.41) is 116. The predicted molar refractivity (Wildman–Crippen MR) is 452 cm³/mol. The van der Waals surface area contributed by atoms with Crippen LogP contribution in [0.3, 0.4) is 0 Å². The van der Waals surface area contributed by atoms with Crippen LogP contribution in [0.15, 0.2) is 30.3 Å². The maximum absolute atomic E-state index is 14.5. The number of benzene rings is 1. The second-order valence-electron chi connectivity index (χ2n) is 31.2. The minimum Gasteiger partial charge on any atom is -0.481 e. The first-order chi connectivity index (χ1) is 58.9. The van der Waals surface area contributed by atoms with Crippen molar-refractivity contribution >= 4 is 130 Å². The number of aliphatic carboxylic acids is 4. The van der Waals surface area contributed by atoms with Crippen molar-refractivity contribution < 1.29 is 117 Å². The van der Waals surface area contributed by atoms with Gasteiger partial charge in [-0.3, -0.25) is 103 Å². The number of nitrogens with two attached hydrogens (primary N) is 4. The van der Waals surface area contributed by atoms with E-state index in [1.54, 1.807) is 71.9 Å². The normalized spacial score (nSPS) is 14.8. The van der Waals surface area contributed by atoms with E-state index in [1.165, 1.54) is 27.7 Å². The van der Waals surface area contributed by atoms with Gasteiger partial charge in [-0.15, -0.1) is 0 Å². The Labute approximate surface area is 728 Å². The van der Waals surface area contributed by atoms with Crippen molar-refractivity contribution in [3.8, 4) is 0 Å². The lowest BCUT2D eigenvalue weighted by Crippen LogP contribution is -2.62. The first-order valence-electron chi connectivity index (χ1n) is 41.0. The van der Waals surface area contributed by atoms with Crippen molar-refractivity contribution in [2.45, 2.75) is 257 Å². The highest BCUT2D eigenvalue weighted by molar-refractivity contribution is 6.01. The van der Waals surface area contributed by atoms with Crippen LogP contribution in [0.4, 0.5) is 0 Å². The second kappa shape index (κ2) is 57.3. The van der Waals surface area contributed by atoms with Gasteiger partial charge in [0.25, 0.3) is 0 Å². The lowest BCUT2D eigenvalue weighted by molar-refractivity contribution is -0.143. The molecule has 0 bridgehead atoms. The van der Waals surface area contributed by atoms with E-state index in [9.17, 15) is 112 Å². The molecule has 1 aromatic rings. The van der Waals surface area contributed by atoms with Crippen molar-refractivity contribution in [1.82, 2.24) is 95.7 Å². The number of nitrogens with one attached hydrogen (secondary N) is 21. The number of carboxylic acids is 4. The molecule has 0 spiro atoms. The fraction of sp³-hybridized carbons (Fsp3) is 0.636. The molecule has 34 N–H and O–H groups in total. The van der Waals surface area contributed by atoms with Gasteiger partial charge in [0.1, 0.15) is 78.5 Å². The quantitative estimate of drug-likeness (QED) is 0.0164. The van der Waals surface area contributed by atoms with Crippen LogP contribution in [-0.2, 0) is 97.5 Å². The van der Waals surface area contributed by atoms with Gasteiger partial charge in [-0.05, 0) is 108 Å². The molecular weight excluding hydrogens is 1660 g/mol. The van der Waals surface area contributed by atoms with Gasteiger partial charge in [-0.1, -0.05) is 92.1 Å². The van der Waals surface area contributed by atoms with E-state index in [0.29, 0.717) is 5.56 Å². The summed E-state index contributed by atoms with van der Waals surface area (Å²) >= 11 is 0. The average Bonchev–Trinajstić information content (AvgIpc) is 0.867. The average molecular weight is 1790 g/mol. The Hall–Kier alpha value is -13.1. The Balaban J connectivity index is 3.66. The number of carbonyl (C=O) groups is 19. The molecule has 0 saturated heterocycles. The maximum atomic E-state index is 14.5. The Morgan fingerprint density at radius 2 is 0.738 bits per heavy atom. The number of aliphatic hydroxyl groups is 1. The molecule has 16 atom stereocenters. The lowest BCUT2D eigenvalue weighted by Gasteiger charge is -2.29. The molecule has 1 aromatic carbocycles. The van der Waals surface area contributed by atoms with Crippen LogP contribution in [0, 0.1) is 39.9 Å². The van der Waals surface area contributed by atoms with Gasteiger partial charge in [0.2, 0.25) is 88.6 Å². The monoisotopic (exact) mass is 1790 g/mol. The molecule has 0 radical (unpaired) electrons. The summed E-state index contributed by atoms with van der Waals surface area (Å²) in [7, 11) is 0. The summed E-state index contributed by atoms with van der Waals surface area (Å²) in [6.45, 7) is 14.6. The third-order valence-electron chi connectivity index (χ3n) is 19.1. The number of rotatable bonds is 60. The molecule has 49 nitrogen and oxygen atoms in total. The van der Waals surface area contributed by atoms with Gasteiger partial charge in [0, 0.05) is 38.9 Å². The number of aliphatic hydroxyl groups excluding tert-OH is 1. The van der Waals surface area contributed by atoms with E-state index in [0.717, 1.165) is 6.92 Å². The van der Waals surface area contributed by atoms with E-state index in [1.807, 2.05) is 0 Å². The number of hydrogen-bond acceptors (Lipinski definition) is 24. The van der Waals surface area contributed by atoms with Crippen LogP contribution in [0.5, 0.6) is 0 Å². The second-order valence-corrected chi connectivity index (χ2v) is 31.2. The largest absolute Gasteiger partial charge is 0.481 e. The van der Waals surface area contributed by atoms with Crippen LogP contribution in [-0.4, -0.2) is 279 Å². The summed E-state index contributed by atoms with van der Waals surface area (Å²) in [6, 6.07) is -14.4. The Morgan fingerprint density at radius 1 is 0.365 bits per heavy atom. The zero-order chi connectivity index (χ0) is 95.9. The molecule has 49 heteroatoms. The van der Waals surface area contributed by atoms with Crippen LogP contribution in [0.25, 0.3) is 0 Å². The Bertz CT molecular complexity index is 3930. The molecule has 1 rings (SSSR count). The van der Waals surface area contributed by atoms with E-state index >= 15 is 0 Å². The summed E-state index contributed by atoms with van der Waals surface area (Å²) in [6.07, 6.45) is -6.07. The standard InChI is InChI=1S/C77H129N25O24/c1-12-39(8)59(101-63(114)44(78)24-26-54(106)107)72(123)95-46(22-17-29-86-76(81)82)65(116)97-51(33-56(110)111)70(121)96-49(31-36(2)3)68(119)90-40(9)62(113)93-47(23-18-30-87-77(83)84)66(117)102-60(42(11)103)73(124)98-50(32-43-19-14-13-15-20-43)69(120)91-41(10)61(112)92-45(21-16-28-85-75(79)80)64(115)94-48(25-27-55(108)109)67(118)100-57(37(4)5)71(122)89-34-52(104)88-35-53(105)99-58(38(6)7)74(125)126/h13-15,19-20,36-42,44-51,57-60,103H,12,16-18,21-35,78H2,1-11H3,(H,88,104)(H,89,122)(H,90,119)(H,91,120)(H,92,112)(H,93,113)(H,94,115)(H,95,123)(H,96,121)(H,97,116)(H,98,124)(H,99,105)(H,100,118)(H,101,114)(H,102,117)(H,106,107)(H,108,109)(H,110,111)(H,125,126)(H4,79,80,85)(H4,81,82,86)(H4,83,84,87)/t39-,40-,41-,42+,44-,45-,46-,47-,48-,49-,50-,51-,57-,58-,59-,60-/m0/s1. The van der Waals surface area contributed by atoms with Crippen molar-refractivity contribution in [3.05, 3.63) is 35.9 Å². The van der Waals surface area contributed by atoms with E-state index in [2.05, 4.69) is 95.7 Å². The molecule has 0 saturated carbocycles. The van der Waals surface area contributed by atoms with Gasteiger partial charge in [0.15, 0.2) is 17.9 Å². The van der Waals surface area contributed by atoms with E-state index in [-0.39, 0.29) is 83.8 Å². The topological polar surface area (TPSA) is 818 Å². The predicted octanol–water partition coefficient (Wildman–Crippen LogP) is -8.01. The van der Waals surface area contributed by atoms with Gasteiger partial charge >= 0.3 is 23.9 Å². The SMILES string of the molecule is CC[C@H](C)[C@H](NC(=O)[C@@H](N)CCC(=O)O)C(=O)N[C@@H](CCCNC(=N)N)C(=O)N[C@@H](CC(=O)O)C(=O)N[C@@H](CC(C)C)C(=O)N[C@@H](C)C(=O)N[C@@H](CCCNC(=N)N)C(=O)N[C@H](C(=O)N[C@@H](Cc1ccccc1)C(=O)N[C@@H](C)C(=O)N[C@@H](CCCNC(=N)N)C(=O)N[C@@H](CCC(=O)O)C(=O)N[C@H](C(=O)NCC(=O)NCC(=O)N[C@H](C(=O)O)C(C)C)C(C)C)[C@@H](C)O. The van der Waals surface area contributed by atoms with Gasteiger partial charge in [-0.2, -0.15) is 0 Å². The fourth-order valence-electron chi connectivity index (χ4n) is 11.8. The number of carbonyl (C=O) groups excluding carboxylic acids is 15. The molecule has 0 aliphatic heterocycles. The Morgan fingerprint density at radius 3 is 1.17 bits per heavy atom. The molecule has 0 unspecified atom stereocenters. The highest BCUT2D eigenvalue weighted by atomic mass is 16.4. The van der Waals surface area contributed by atoms with E-state index < -0.39 is 283 Å². The molecule has 0 aromatic heterocycles. The van der Waals surface area contributed by atoms with Crippen molar-refractivity contribution in [3.63, 3.8) is 0 Å². The molecular formula is C77H129N25O24. The third-order valence-corrected chi connectivity index (χ3v) is 19.1. The number of amides is 15. The molecule has 0 fully saturated rings. The maximum Gasteiger partial charge on any atom is 0.326 e. The number of carboxylic acid groups (broad SMARTS) is 4. The summed E-state index contributed by atoms with van der Waals surface area (Å²) in [5.74, 6) is -24.9. The van der Waals surface area contributed by atoms with E-state index in [4.69, 9.17) is 44.3 Å². The van der Waals surface area contributed by atoms with Crippen LogP contribution < -0.4 is 119 Å². The number of hydrogen-bond donors (Lipinski definition) is 30. The smallest absolute Gasteiger partial charge is 0.326 e. The zero-order valence-corrected chi connectivity index (χ0v) is 72.6. The molecule has 15 amide bonds. The molecule has 0 heterocycles. The van der Waals surface area contributed by atoms with Crippen molar-refractivity contribution in [1.29, 1.82) is 16.2 Å². The summed E-state index contributed by atoms with van der Waals surface area (Å²) < 4.78 is 0. The minimum absolute atomic E-state index is 0.0178. The fourth-order valence-corrected chi connectivity index (χ4v) is 11.8. The molecule has 126 heavy (non-hydrogen) atoms. The summed E-state index contributed by atoms with van der Waals surface area (Å²) in [4.78, 5) is 256.